The Bertz CT molecular complexity index is 696. The van der Waals surface area contributed by atoms with Gasteiger partial charge in [-0.1, -0.05) is 5.21 Å². The summed E-state index contributed by atoms with van der Waals surface area (Å²) in [5, 5.41) is 36.5. The highest BCUT2D eigenvalue weighted by Gasteiger charge is 2.44. The average Bonchev–Trinajstić information content (AvgIpc) is 2.93. The Kier molecular flexibility index (Phi) is 3.05. The van der Waals surface area contributed by atoms with Crippen LogP contribution < -0.4 is 5.56 Å². The van der Waals surface area contributed by atoms with E-state index in [1.807, 2.05) is 0 Å². The van der Waals surface area contributed by atoms with Crippen LogP contribution in [-0.2, 0) is 11.8 Å². The summed E-state index contributed by atoms with van der Waals surface area (Å²) >= 11 is 0. The van der Waals surface area contributed by atoms with Crippen molar-refractivity contribution in [2.24, 2.45) is 7.05 Å². The fraction of sp³-hybridized carbons (Fsp3) is 0.545. The minimum atomic E-state index is -1.34. The third-order valence-corrected chi connectivity index (χ3v) is 3.47. The van der Waals surface area contributed by atoms with Crippen molar-refractivity contribution in [1.82, 2.24) is 19.6 Å². The van der Waals surface area contributed by atoms with Crippen molar-refractivity contribution in [3.63, 3.8) is 0 Å². The Morgan fingerprint density at radius 2 is 2.10 bits per heavy atom. The van der Waals surface area contributed by atoms with Crippen LogP contribution in [0.4, 0.5) is 0 Å². The lowest BCUT2D eigenvalue weighted by Crippen LogP contribution is -2.35. The van der Waals surface area contributed by atoms with Crippen LogP contribution in [0.25, 0.3) is 11.2 Å². The molecule has 3 heterocycles. The quantitative estimate of drug-likeness (QED) is 0.568. The van der Waals surface area contributed by atoms with Crippen LogP contribution in [0.5, 0.6) is 0 Å². The molecule has 0 amide bonds. The molecule has 0 aliphatic carbocycles. The third-order valence-electron chi connectivity index (χ3n) is 3.47. The Hall–Kier alpha value is -1.81. The van der Waals surface area contributed by atoms with Crippen molar-refractivity contribution in [2.45, 2.75) is 24.5 Å². The van der Waals surface area contributed by atoms with Crippen molar-refractivity contribution in [3.8, 4) is 0 Å². The second kappa shape index (κ2) is 4.63. The summed E-state index contributed by atoms with van der Waals surface area (Å²) in [7, 11) is 1.67. The molecule has 108 valence electrons. The Labute approximate surface area is 112 Å². The molecule has 9 nitrogen and oxygen atoms in total. The average molecular weight is 282 g/mol. The molecular formula is C11H14N4O5. The molecule has 1 aliphatic heterocycles. The van der Waals surface area contributed by atoms with Gasteiger partial charge < -0.3 is 20.1 Å². The Morgan fingerprint density at radius 1 is 1.35 bits per heavy atom. The molecule has 0 spiro atoms. The zero-order chi connectivity index (χ0) is 14.4. The number of aromatic nitrogens is 4. The van der Waals surface area contributed by atoms with Crippen LogP contribution in [0.2, 0.25) is 0 Å². The summed E-state index contributed by atoms with van der Waals surface area (Å²) in [6.07, 6.45) is -4.68. The molecule has 1 aliphatic rings. The molecule has 2 aromatic heterocycles. The van der Waals surface area contributed by atoms with Gasteiger partial charge in [0.25, 0.3) is 5.56 Å². The second-order valence-corrected chi connectivity index (χ2v) is 4.69. The van der Waals surface area contributed by atoms with Gasteiger partial charge in [0.2, 0.25) is 0 Å². The van der Waals surface area contributed by atoms with E-state index in [1.165, 1.54) is 10.7 Å². The van der Waals surface area contributed by atoms with Gasteiger partial charge in [0.1, 0.15) is 23.8 Å². The number of hydrogen-bond donors (Lipinski definition) is 3. The maximum Gasteiger partial charge on any atom is 0.254 e. The molecule has 4 unspecified atom stereocenters. The van der Waals surface area contributed by atoms with E-state index in [9.17, 15) is 15.0 Å². The number of pyridine rings is 1. The molecule has 3 rings (SSSR count). The first-order valence-electron chi connectivity index (χ1n) is 6.08. The van der Waals surface area contributed by atoms with Gasteiger partial charge in [-0.15, -0.1) is 5.10 Å². The van der Waals surface area contributed by atoms with Crippen LogP contribution >= 0.6 is 0 Å². The normalized spacial score (nSPS) is 30.2. The van der Waals surface area contributed by atoms with E-state index in [0.29, 0.717) is 5.52 Å². The molecule has 9 heteroatoms. The van der Waals surface area contributed by atoms with Gasteiger partial charge in [-0.05, 0) is 6.07 Å². The van der Waals surface area contributed by atoms with Crippen LogP contribution in [0.1, 0.15) is 6.23 Å². The lowest BCUT2D eigenvalue weighted by molar-refractivity contribution is -0.0524. The van der Waals surface area contributed by atoms with Gasteiger partial charge in [-0.25, -0.2) is 4.68 Å². The topological polar surface area (TPSA) is 123 Å². The Balaban J connectivity index is 2.15. The smallest absolute Gasteiger partial charge is 0.254 e. The third kappa shape index (κ3) is 1.75. The standard InChI is InChI=1S/C11H14N4O5/c1-14-5-2-3-7(17)15(10(5)12-13-14)11-9(19)8(18)6(4-16)20-11/h2-3,6,8-9,11,16,18-19H,4H2,1H3. The van der Waals surface area contributed by atoms with Crippen LogP contribution in [0, 0.1) is 0 Å². The molecule has 3 N–H and O–H groups in total. The molecule has 0 radical (unpaired) electrons. The molecule has 20 heavy (non-hydrogen) atoms. The number of aryl methyl sites for hydroxylation is 1. The molecule has 0 saturated carbocycles. The summed E-state index contributed by atoms with van der Waals surface area (Å²) in [5.41, 5.74) is 0.394. The zero-order valence-corrected chi connectivity index (χ0v) is 10.6. The van der Waals surface area contributed by atoms with Crippen molar-refractivity contribution in [2.75, 3.05) is 6.61 Å². The number of aliphatic hydroxyl groups is 3. The van der Waals surface area contributed by atoms with Crippen molar-refractivity contribution in [3.05, 3.63) is 22.5 Å². The lowest BCUT2D eigenvalue weighted by Gasteiger charge is -2.17. The molecule has 0 bridgehead atoms. The molecule has 2 aromatic rings. The van der Waals surface area contributed by atoms with Crippen LogP contribution in [0.15, 0.2) is 16.9 Å². The first-order chi connectivity index (χ1) is 9.54. The first-order valence-corrected chi connectivity index (χ1v) is 6.08. The van der Waals surface area contributed by atoms with E-state index in [2.05, 4.69) is 10.3 Å². The second-order valence-electron chi connectivity index (χ2n) is 4.69. The van der Waals surface area contributed by atoms with Gasteiger partial charge >= 0.3 is 0 Å². The maximum atomic E-state index is 12.0. The van der Waals surface area contributed by atoms with Gasteiger partial charge in [0.15, 0.2) is 11.9 Å². The van der Waals surface area contributed by atoms with E-state index in [1.54, 1.807) is 13.1 Å². The summed E-state index contributed by atoms with van der Waals surface area (Å²) in [6.45, 7) is -0.458. The first kappa shape index (κ1) is 13.2. The zero-order valence-electron chi connectivity index (χ0n) is 10.6. The van der Waals surface area contributed by atoms with E-state index in [-0.39, 0.29) is 5.65 Å². The monoisotopic (exact) mass is 282 g/mol. The van der Waals surface area contributed by atoms with Gasteiger partial charge in [-0.3, -0.25) is 9.36 Å². The van der Waals surface area contributed by atoms with Crippen molar-refractivity contribution >= 4 is 11.2 Å². The molecule has 1 saturated heterocycles. The fourth-order valence-corrected chi connectivity index (χ4v) is 2.38. The maximum absolute atomic E-state index is 12.0. The number of hydrogen-bond acceptors (Lipinski definition) is 7. The number of aliphatic hydroxyl groups excluding tert-OH is 3. The summed E-state index contributed by atoms with van der Waals surface area (Å²) in [4.78, 5) is 12.0. The molecule has 4 atom stereocenters. The molecule has 1 fully saturated rings. The predicted octanol–water partition coefficient (Wildman–Crippen LogP) is -2.26. The van der Waals surface area contributed by atoms with E-state index in [0.717, 1.165) is 4.57 Å². The largest absolute Gasteiger partial charge is 0.394 e. The SMILES string of the molecule is Cn1nnc2c1ccc(=O)n2C1OC(CO)C(O)C1O. The van der Waals surface area contributed by atoms with Crippen LogP contribution in [-0.4, -0.2) is 59.8 Å². The minimum Gasteiger partial charge on any atom is -0.394 e. The van der Waals surface area contributed by atoms with E-state index >= 15 is 0 Å². The highest BCUT2D eigenvalue weighted by Crippen LogP contribution is 2.29. The molecular weight excluding hydrogens is 268 g/mol. The minimum absolute atomic E-state index is 0.245. The van der Waals surface area contributed by atoms with Gasteiger partial charge in [0.05, 0.1) is 6.61 Å². The summed E-state index contributed by atoms with van der Waals surface area (Å²) in [5.74, 6) is 0. The molecule has 0 aromatic carbocycles. The highest BCUT2D eigenvalue weighted by atomic mass is 16.6. The van der Waals surface area contributed by atoms with Crippen molar-refractivity contribution < 1.29 is 20.1 Å². The van der Waals surface area contributed by atoms with Crippen molar-refractivity contribution in [1.29, 1.82) is 0 Å². The van der Waals surface area contributed by atoms with E-state index in [4.69, 9.17) is 9.84 Å². The summed E-state index contributed by atoms with van der Waals surface area (Å²) in [6, 6.07) is 2.87. The number of ether oxygens (including phenoxy) is 1. The fourth-order valence-electron chi connectivity index (χ4n) is 2.38. The number of nitrogens with zero attached hydrogens (tertiary/aromatic N) is 4. The van der Waals surface area contributed by atoms with E-state index < -0.39 is 36.7 Å². The summed E-state index contributed by atoms with van der Waals surface area (Å²) < 4.78 is 7.96. The number of rotatable bonds is 2. The van der Waals surface area contributed by atoms with Gasteiger partial charge in [-0.2, -0.15) is 0 Å². The highest BCUT2D eigenvalue weighted by molar-refractivity contribution is 5.70. The lowest BCUT2D eigenvalue weighted by atomic mass is 10.1. The number of fused-ring (bicyclic) bond motifs is 1. The Morgan fingerprint density at radius 3 is 2.75 bits per heavy atom. The van der Waals surface area contributed by atoms with Gasteiger partial charge in [0, 0.05) is 13.1 Å². The van der Waals surface area contributed by atoms with Crippen LogP contribution in [0.3, 0.4) is 0 Å². The predicted molar refractivity (Wildman–Crippen MR) is 65.8 cm³/mol.